The number of hydrogen-bond acceptors (Lipinski definition) is 3. The van der Waals surface area contributed by atoms with Gasteiger partial charge in [0.15, 0.2) is 6.10 Å². The van der Waals surface area contributed by atoms with Crippen LogP contribution >= 0.6 is 0 Å². The Hall–Kier alpha value is -2.70. The lowest BCUT2D eigenvalue weighted by molar-refractivity contribution is 0.0695. The highest BCUT2D eigenvalue weighted by Gasteiger charge is 2.14. The summed E-state index contributed by atoms with van der Waals surface area (Å²) in [5.41, 5.74) is -0.170. The molecule has 0 amide bonds. The van der Waals surface area contributed by atoms with Crippen LogP contribution in [-0.2, 0) is 0 Å². The molecule has 0 aliphatic carbocycles. The first-order valence-corrected chi connectivity index (χ1v) is 6.62. The lowest BCUT2D eigenvalue weighted by Gasteiger charge is -2.14. The maximum Gasteiger partial charge on any atom is 0.335 e. The molecule has 23 heavy (non-hydrogen) atoms. The van der Waals surface area contributed by atoms with Crippen LogP contribution in [0.2, 0.25) is 0 Å². The summed E-state index contributed by atoms with van der Waals surface area (Å²) in [6.07, 6.45) is -1.32. The number of carboxylic acid groups (broad SMARTS) is 1. The van der Waals surface area contributed by atoms with Crippen LogP contribution in [0.3, 0.4) is 0 Å². The Morgan fingerprint density at radius 2 is 1.61 bits per heavy atom. The van der Waals surface area contributed by atoms with E-state index in [1.807, 2.05) is 0 Å². The van der Waals surface area contributed by atoms with Crippen LogP contribution in [0.1, 0.15) is 10.4 Å². The fourth-order valence-electron chi connectivity index (χ4n) is 1.76. The molecule has 0 fully saturated rings. The van der Waals surface area contributed by atoms with Crippen molar-refractivity contribution in [3.8, 4) is 17.2 Å². The molecule has 7 heteroatoms. The average Bonchev–Trinajstić information content (AvgIpc) is 2.54. The van der Waals surface area contributed by atoms with Gasteiger partial charge < -0.3 is 14.6 Å². The maximum absolute atomic E-state index is 12.9. The topological polar surface area (TPSA) is 55.8 Å². The molecule has 0 spiro atoms. The van der Waals surface area contributed by atoms with E-state index in [-0.39, 0.29) is 22.8 Å². The number of ether oxygens (including phenoxy) is 2. The molecule has 0 aliphatic heterocycles. The van der Waals surface area contributed by atoms with Gasteiger partial charge in [-0.25, -0.2) is 18.0 Å². The number of hydrogen-bond donors (Lipinski definition) is 1. The minimum Gasteiger partial charge on any atom is -0.485 e. The molecule has 0 saturated heterocycles. The Bertz CT molecular complexity index is 670. The summed E-state index contributed by atoms with van der Waals surface area (Å²) in [5.74, 6) is -1.39. The number of halogens is 3. The van der Waals surface area contributed by atoms with Crippen molar-refractivity contribution in [3.05, 3.63) is 53.8 Å². The van der Waals surface area contributed by atoms with Gasteiger partial charge >= 0.3 is 5.97 Å². The third-order valence-corrected chi connectivity index (χ3v) is 2.82. The molecule has 1 N–H and O–H groups in total. The molecule has 2 aromatic carbocycles. The Labute approximate surface area is 130 Å². The molecule has 4 nitrogen and oxygen atoms in total. The molecule has 0 saturated carbocycles. The largest absolute Gasteiger partial charge is 0.485 e. The van der Waals surface area contributed by atoms with Crippen molar-refractivity contribution in [1.82, 2.24) is 0 Å². The zero-order valence-electron chi connectivity index (χ0n) is 11.8. The smallest absolute Gasteiger partial charge is 0.335 e. The predicted molar refractivity (Wildman–Crippen MR) is 76.2 cm³/mol. The van der Waals surface area contributed by atoms with E-state index < -0.39 is 31.2 Å². The number of carboxylic acids is 1. The van der Waals surface area contributed by atoms with Crippen molar-refractivity contribution in [3.63, 3.8) is 0 Å². The second kappa shape index (κ2) is 7.53. The van der Waals surface area contributed by atoms with Crippen LogP contribution < -0.4 is 9.47 Å². The normalized spacial score (nSPS) is 10.6. The molecule has 122 valence electrons. The van der Waals surface area contributed by atoms with Gasteiger partial charge in [-0.1, -0.05) is 0 Å². The van der Waals surface area contributed by atoms with Crippen LogP contribution in [-0.4, -0.2) is 30.5 Å². The number of benzene rings is 2. The van der Waals surface area contributed by atoms with Gasteiger partial charge in [0, 0.05) is 6.07 Å². The van der Waals surface area contributed by atoms with E-state index in [0.717, 1.165) is 6.07 Å². The third-order valence-electron chi connectivity index (χ3n) is 2.82. The van der Waals surface area contributed by atoms with Gasteiger partial charge in [-0.2, -0.15) is 0 Å². The van der Waals surface area contributed by atoms with Gasteiger partial charge in [0.2, 0.25) is 0 Å². The Morgan fingerprint density at radius 1 is 1.00 bits per heavy atom. The molecule has 0 bridgehead atoms. The van der Waals surface area contributed by atoms with Crippen LogP contribution in [0.4, 0.5) is 13.2 Å². The fraction of sp³-hybridized carbons (Fsp3) is 0.188. The molecule has 0 radical (unpaired) electrons. The molecule has 0 unspecified atom stereocenters. The summed E-state index contributed by atoms with van der Waals surface area (Å²) in [4.78, 5) is 11.1. The first-order valence-electron chi connectivity index (χ1n) is 6.62. The monoisotopic (exact) mass is 326 g/mol. The van der Waals surface area contributed by atoms with E-state index in [2.05, 4.69) is 0 Å². The molecule has 2 aromatic rings. The molecule has 0 aliphatic rings. The Morgan fingerprint density at radius 3 is 2.17 bits per heavy atom. The summed E-state index contributed by atoms with van der Waals surface area (Å²) < 4.78 is 48.4. The van der Waals surface area contributed by atoms with Crippen LogP contribution in [0.25, 0.3) is 0 Å². The van der Waals surface area contributed by atoms with E-state index >= 15 is 0 Å². The number of carbonyl (C=O) groups is 1. The molecule has 0 aromatic heterocycles. The molecule has 0 heterocycles. The van der Waals surface area contributed by atoms with Gasteiger partial charge in [-0.3, -0.25) is 0 Å². The minimum absolute atomic E-state index is 0.0395. The quantitative estimate of drug-likeness (QED) is 0.835. The van der Waals surface area contributed by atoms with Gasteiger partial charge in [0.05, 0.1) is 5.56 Å². The van der Waals surface area contributed by atoms with Crippen molar-refractivity contribution in [2.75, 3.05) is 13.3 Å². The van der Waals surface area contributed by atoms with Gasteiger partial charge in [-0.15, -0.1) is 0 Å². The van der Waals surface area contributed by atoms with E-state index in [1.54, 1.807) is 0 Å². The van der Waals surface area contributed by atoms with Crippen molar-refractivity contribution in [2.24, 2.45) is 0 Å². The highest BCUT2D eigenvalue weighted by Crippen LogP contribution is 2.28. The zero-order chi connectivity index (χ0) is 16.8. The number of rotatable bonds is 7. The SMILES string of the molecule is O=C(O)c1cc(Oc2ccc(F)cc2)cc(OC(CF)CF)c1. The predicted octanol–water partition coefficient (Wildman–Crippen LogP) is 4.00. The van der Waals surface area contributed by atoms with E-state index in [1.165, 1.54) is 36.4 Å². The van der Waals surface area contributed by atoms with Crippen molar-refractivity contribution < 1.29 is 32.5 Å². The first kappa shape index (κ1) is 16.7. The lowest BCUT2D eigenvalue weighted by atomic mass is 10.2. The van der Waals surface area contributed by atoms with Crippen LogP contribution in [0.15, 0.2) is 42.5 Å². The van der Waals surface area contributed by atoms with Crippen LogP contribution in [0, 0.1) is 5.82 Å². The summed E-state index contributed by atoms with van der Waals surface area (Å²) in [6, 6.07) is 8.72. The third kappa shape index (κ3) is 4.64. The van der Waals surface area contributed by atoms with Gasteiger partial charge in [0.25, 0.3) is 0 Å². The Kier molecular flexibility index (Phi) is 5.46. The van der Waals surface area contributed by atoms with E-state index in [9.17, 15) is 18.0 Å². The standard InChI is InChI=1S/C16H13F3O4/c17-8-15(9-18)23-14-6-10(16(20)21)5-13(7-14)22-12-3-1-11(19)2-4-12/h1-7,15H,8-9H2,(H,20,21). The summed E-state index contributed by atoms with van der Waals surface area (Å²) >= 11 is 0. The van der Waals surface area contributed by atoms with E-state index in [0.29, 0.717) is 0 Å². The summed E-state index contributed by atoms with van der Waals surface area (Å²) in [7, 11) is 0. The van der Waals surface area contributed by atoms with Gasteiger partial charge in [0.1, 0.15) is 36.4 Å². The minimum atomic E-state index is -1.32. The van der Waals surface area contributed by atoms with Crippen molar-refractivity contribution in [1.29, 1.82) is 0 Å². The zero-order valence-corrected chi connectivity index (χ0v) is 11.8. The Balaban J connectivity index is 2.28. The summed E-state index contributed by atoms with van der Waals surface area (Å²) in [5, 5.41) is 9.08. The second-order valence-corrected chi connectivity index (χ2v) is 4.60. The fourth-order valence-corrected chi connectivity index (χ4v) is 1.76. The molecular formula is C16H13F3O4. The first-order chi connectivity index (χ1) is 11.0. The highest BCUT2D eigenvalue weighted by atomic mass is 19.1. The number of aromatic carboxylic acids is 1. The van der Waals surface area contributed by atoms with Crippen molar-refractivity contribution >= 4 is 5.97 Å². The lowest BCUT2D eigenvalue weighted by Crippen LogP contribution is -2.21. The highest BCUT2D eigenvalue weighted by molar-refractivity contribution is 5.88. The van der Waals surface area contributed by atoms with E-state index in [4.69, 9.17) is 14.6 Å². The summed E-state index contributed by atoms with van der Waals surface area (Å²) in [6.45, 7) is -2.11. The van der Waals surface area contributed by atoms with Crippen LogP contribution in [0.5, 0.6) is 17.2 Å². The van der Waals surface area contributed by atoms with Crippen molar-refractivity contribution in [2.45, 2.75) is 6.10 Å². The maximum atomic E-state index is 12.9. The van der Waals surface area contributed by atoms with Gasteiger partial charge in [-0.05, 0) is 36.4 Å². The second-order valence-electron chi connectivity index (χ2n) is 4.60. The molecule has 0 atom stereocenters. The molecular weight excluding hydrogens is 313 g/mol. The molecule has 2 rings (SSSR count). The number of alkyl halides is 2. The average molecular weight is 326 g/mol.